The summed E-state index contributed by atoms with van der Waals surface area (Å²) in [5, 5.41) is 25.8. The van der Waals surface area contributed by atoms with Crippen LogP contribution >= 0.6 is 35.6 Å². The number of phenolic OH excluding ortho intramolecular Hbond substituents is 1. The first kappa shape index (κ1) is 15.8. The molecule has 3 N–H and O–H groups in total. The molecule has 0 bridgehead atoms. The van der Waals surface area contributed by atoms with Gasteiger partial charge in [-0.15, -0.1) is 15.3 Å². The molecule has 23 heavy (non-hydrogen) atoms. The van der Waals surface area contributed by atoms with Gasteiger partial charge in [0, 0.05) is 22.3 Å². The van der Waals surface area contributed by atoms with E-state index in [0.29, 0.717) is 33.3 Å². The van der Waals surface area contributed by atoms with Crippen LogP contribution in [0.3, 0.4) is 0 Å². The molecule has 2 heterocycles. The summed E-state index contributed by atoms with van der Waals surface area (Å²) in [4.78, 5) is 0.187. The molecule has 0 aliphatic heterocycles. The summed E-state index contributed by atoms with van der Waals surface area (Å²) in [6.07, 6.45) is 0. The molecule has 0 spiro atoms. The molecule has 11 heteroatoms. The molecule has 0 saturated carbocycles. The number of H-pyrrole nitrogens is 1. The Hall–Kier alpha value is -2.04. The van der Waals surface area contributed by atoms with E-state index in [1.807, 2.05) is 0 Å². The molecule has 0 atom stereocenters. The number of hydrogen-bond acceptors (Lipinski definition) is 8. The van der Waals surface area contributed by atoms with Gasteiger partial charge in [-0.1, -0.05) is 11.6 Å². The van der Waals surface area contributed by atoms with Crippen molar-refractivity contribution in [3.05, 3.63) is 39.4 Å². The molecule has 0 aliphatic carbocycles. The maximum Gasteiger partial charge on any atom is 0.284 e. The highest BCUT2D eigenvalue weighted by atomic mass is 35.5. The predicted molar refractivity (Wildman–Crippen MR) is 86.8 cm³/mol. The number of aromatic amines is 1. The Morgan fingerprint density at radius 1 is 1.48 bits per heavy atom. The minimum Gasteiger partial charge on any atom is -0.508 e. The highest BCUT2D eigenvalue weighted by Crippen LogP contribution is 2.25. The Labute approximate surface area is 144 Å². The monoisotopic (exact) mass is 370 g/mol. The van der Waals surface area contributed by atoms with Gasteiger partial charge >= 0.3 is 0 Å². The second-order valence-corrected chi connectivity index (χ2v) is 6.18. The van der Waals surface area contributed by atoms with Crippen molar-refractivity contribution >= 4 is 35.6 Å². The Morgan fingerprint density at radius 3 is 3.04 bits per heavy atom. The number of halogens is 1. The average molecular weight is 371 g/mol. The lowest BCUT2D eigenvalue weighted by Gasteiger charge is -2.11. The first-order valence-electron chi connectivity index (χ1n) is 6.39. The number of aromatic hydroxyl groups is 1. The van der Waals surface area contributed by atoms with Gasteiger partial charge in [0.2, 0.25) is 5.16 Å². The van der Waals surface area contributed by atoms with Crippen molar-refractivity contribution in [2.75, 3.05) is 5.43 Å². The van der Waals surface area contributed by atoms with Crippen LogP contribution in [0.2, 0.25) is 5.02 Å². The normalized spacial score (nSPS) is 10.9. The third-order valence-corrected chi connectivity index (χ3v) is 4.07. The second-order valence-electron chi connectivity index (χ2n) is 4.45. The van der Waals surface area contributed by atoms with E-state index in [4.69, 9.17) is 28.2 Å². The van der Waals surface area contributed by atoms with Gasteiger partial charge in [0.25, 0.3) is 10.1 Å². The van der Waals surface area contributed by atoms with E-state index < -0.39 is 0 Å². The van der Waals surface area contributed by atoms with Gasteiger partial charge in [-0.05, 0) is 37.3 Å². The topological polar surface area (TPSA) is 105 Å². The van der Waals surface area contributed by atoms with Crippen LogP contribution < -0.4 is 5.43 Å². The van der Waals surface area contributed by atoms with Gasteiger partial charge in [0.05, 0.1) is 6.54 Å². The number of rotatable bonds is 5. The van der Waals surface area contributed by atoms with Crippen LogP contribution in [-0.2, 0) is 6.54 Å². The average Bonchev–Trinajstić information content (AvgIpc) is 3.07. The number of aryl methyl sites for hydroxylation is 1. The Morgan fingerprint density at radius 2 is 2.30 bits per heavy atom. The molecular formula is C12H11ClN6O2S2. The van der Waals surface area contributed by atoms with Crippen LogP contribution in [0.25, 0.3) is 0 Å². The fraction of sp³-hybridized carbons (Fsp3) is 0.167. The lowest BCUT2D eigenvalue weighted by molar-refractivity contribution is 0.440. The van der Waals surface area contributed by atoms with Crippen molar-refractivity contribution in [2.24, 2.45) is 0 Å². The van der Waals surface area contributed by atoms with Crippen LogP contribution in [0.5, 0.6) is 5.75 Å². The molecular weight excluding hydrogens is 360 g/mol. The number of hydrogen-bond donors (Lipinski definition) is 3. The molecule has 0 amide bonds. The van der Waals surface area contributed by atoms with Crippen LogP contribution in [-0.4, -0.2) is 30.2 Å². The van der Waals surface area contributed by atoms with E-state index in [-0.39, 0.29) is 10.6 Å². The minimum atomic E-state index is 0.153. The van der Waals surface area contributed by atoms with Gasteiger partial charge < -0.3 is 14.9 Å². The van der Waals surface area contributed by atoms with E-state index in [1.54, 1.807) is 29.8 Å². The van der Waals surface area contributed by atoms with Crippen LogP contribution in [0.15, 0.2) is 33.0 Å². The predicted octanol–water partition coefficient (Wildman–Crippen LogP) is 2.89. The van der Waals surface area contributed by atoms with E-state index in [9.17, 15) is 5.11 Å². The van der Waals surface area contributed by atoms with E-state index >= 15 is 0 Å². The van der Waals surface area contributed by atoms with Crippen LogP contribution in [0, 0.1) is 11.8 Å². The van der Waals surface area contributed by atoms with Gasteiger partial charge in [0.15, 0.2) is 0 Å². The molecule has 3 aromatic rings. The molecule has 0 fully saturated rings. The van der Waals surface area contributed by atoms with Gasteiger partial charge in [-0.25, -0.2) is 9.77 Å². The van der Waals surface area contributed by atoms with E-state index in [2.05, 4.69) is 25.8 Å². The first-order valence-corrected chi connectivity index (χ1v) is 8.00. The lowest BCUT2D eigenvalue weighted by atomic mass is 10.2. The second kappa shape index (κ2) is 6.60. The smallest absolute Gasteiger partial charge is 0.284 e. The zero-order valence-electron chi connectivity index (χ0n) is 11.8. The van der Waals surface area contributed by atoms with E-state index in [1.165, 1.54) is 0 Å². The Bertz CT molecular complexity index is 890. The van der Waals surface area contributed by atoms with Crippen molar-refractivity contribution in [1.29, 1.82) is 0 Å². The fourth-order valence-corrected chi connectivity index (χ4v) is 2.90. The fourth-order valence-electron chi connectivity index (χ4n) is 1.79. The van der Waals surface area contributed by atoms with Gasteiger partial charge in [-0.3, -0.25) is 0 Å². The third kappa shape index (κ3) is 3.66. The largest absolute Gasteiger partial charge is 0.508 e. The molecule has 120 valence electrons. The van der Waals surface area contributed by atoms with Crippen LogP contribution in [0.4, 0.5) is 0 Å². The van der Waals surface area contributed by atoms with Crippen molar-refractivity contribution in [3.63, 3.8) is 0 Å². The van der Waals surface area contributed by atoms with Crippen molar-refractivity contribution in [1.82, 2.24) is 25.1 Å². The Balaban J connectivity index is 1.78. The minimum absolute atomic E-state index is 0.153. The molecule has 0 radical (unpaired) electrons. The van der Waals surface area contributed by atoms with Gasteiger partial charge in [-0.2, -0.15) is 0 Å². The molecule has 2 aromatic heterocycles. The summed E-state index contributed by atoms with van der Waals surface area (Å²) >= 11 is 11.9. The van der Waals surface area contributed by atoms with E-state index in [0.717, 1.165) is 11.8 Å². The zero-order chi connectivity index (χ0) is 16.4. The number of nitrogens with zero attached hydrogens (tertiary/aromatic N) is 4. The molecule has 0 unspecified atom stereocenters. The van der Waals surface area contributed by atoms with Crippen LogP contribution in [0.1, 0.15) is 11.4 Å². The van der Waals surface area contributed by atoms with Crippen molar-refractivity contribution in [3.8, 4) is 5.75 Å². The zero-order valence-corrected chi connectivity index (χ0v) is 14.2. The summed E-state index contributed by atoms with van der Waals surface area (Å²) in [5.74, 6) is 0.794. The summed E-state index contributed by atoms with van der Waals surface area (Å²) in [5.41, 5.74) is 3.77. The maximum absolute atomic E-state index is 9.86. The number of benzene rings is 1. The third-order valence-electron chi connectivity index (χ3n) is 2.86. The highest BCUT2D eigenvalue weighted by Gasteiger charge is 2.14. The summed E-state index contributed by atoms with van der Waals surface area (Å²) in [7, 11) is 0. The Kier molecular flexibility index (Phi) is 4.55. The summed E-state index contributed by atoms with van der Waals surface area (Å²) in [6.45, 7) is 2.13. The number of nitrogens with one attached hydrogen (secondary N) is 2. The van der Waals surface area contributed by atoms with Crippen molar-refractivity contribution < 1.29 is 9.52 Å². The quantitative estimate of drug-likeness (QED) is 0.589. The molecule has 0 aliphatic rings. The molecule has 8 nitrogen and oxygen atoms in total. The first-order chi connectivity index (χ1) is 11.0. The van der Waals surface area contributed by atoms with Gasteiger partial charge in [0.1, 0.15) is 11.6 Å². The summed E-state index contributed by atoms with van der Waals surface area (Å²) in [6, 6.07) is 4.85. The molecule has 0 saturated heterocycles. The maximum atomic E-state index is 9.86. The lowest BCUT2D eigenvalue weighted by Crippen LogP contribution is -2.17. The summed E-state index contributed by atoms with van der Waals surface area (Å²) < 4.78 is 6.86. The number of aromatic nitrogens is 5. The molecule has 3 rings (SSSR count). The SMILES string of the molecule is Cc1nnc(Sc2n[nH]c(=S)o2)n1NCc1cc(Cl)ccc1O. The van der Waals surface area contributed by atoms with Crippen molar-refractivity contribution in [2.45, 2.75) is 23.8 Å². The highest BCUT2D eigenvalue weighted by molar-refractivity contribution is 7.99. The standard InChI is InChI=1S/C12H11ClN6O2S2/c1-6-15-16-10(23-12-18-17-11(22)21-12)19(6)14-5-7-4-8(13)2-3-9(7)20/h2-4,14,20H,5H2,1H3,(H,17,22). The molecule has 1 aromatic carbocycles. The number of phenols is 1.